The lowest BCUT2D eigenvalue weighted by Gasteiger charge is -2.30. The second kappa shape index (κ2) is 7.77. The molecule has 0 aromatic rings. The van der Waals surface area contributed by atoms with Gasteiger partial charge in [-0.3, -0.25) is 0 Å². The SMILES string of the molecule is C1CCC(C2CCC(C3CCCNC3)CNC2)CNC1. The fourth-order valence-electron chi connectivity index (χ4n) is 4.62. The van der Waals surface area contributed by atoms with Gasteiger partial charge in [0, 0.05) is 0 Å². The number of rotatable bonds is 2. The van der Waals surface area contributed by atoms with E-state index < -0.39 is 0 Å². The van der Waals surface area contributed by atoms with Gasteiger partial charge in [-0.1, -0.05) is 6.42 Å². The fourth-order valence-corrected chi connectivity index (χ4v) is 4.62. The van der Waals surface area contributed by atoms with Gasteiger partial charge in [-0.15, -0.1) is 0 Å². The zero-order chi connectivity index (χ0) is 13.6. The van der Waals surface area contributed by atoms with Crippen molar-refractivity contribution in [1.82, 2.24) is 16.0 Å². The lowest BCUT2D eigenvalue weighted by molar-refractivity contribution is 0.241. The van der Waals surface area contributed by atoms with Crippen LogP contribution in [0.3, 0.4) is 0 Å². The van der Waals surface area contributed by atoms with E-state index in [4.69, 9.17) is 0 Å². The van der Waals surface area contributed by atoms with Crippen LogP contribution in [0.5, 0.6) is 0 Å². The molecule has 4 unspecified atom stereocenters. The van der Waals surface area contributed by atoms with Gasteiger partial charge in [-0.05, 0) is 101 Å². The van der Waals surface area contributed by atoms with Crippen LogP contribution < -0.4 is 16.0 Å². The molecule has 3 nitrogen and oxygen atoms in total. The van der Waals surface area contributed by atoms with Crippen molar-refractivity contribution < 1.29 is 0 Å². The molecular formula is C17H33N3. The van der Waals surface area contributed by atoms with Gasteiger partial charge in [0.05, 0.1) is 0 Å². The normalized spacial score (nSPS) is 40.8. The van der Waals surface area contributed by atoms with Crippen LogP contribution in [-0.2, 0) is 0 Å². The highest BCUT2D eigenvalue weighted by Gasteiger charge is 2.29. The van der Waals surface area contributed by atoms with E-state index in [9.17, 15) is 0 Å². The standard InChI is InChI=1S/C17H33N3/c1-2-8-18-10-14(4-1)16-6-7-17(13-20-12-16)15-5-3-9-19-11-15/h14-20H,1-13H2. The van der Waals surface area contributed by atoms with Gasteiger partial charge in [-0.2, -0.15) is 0 Å². The molecule has 3 saturated heterocycles. The molecule has 3 fully saturated rings. The molecule has 116 valence electrons. The Balaban J connectivity index is 1.50. The maximum absolute atomic E-state index is 3.81. The Morgan fingerprint density at radius 2 is 0.950 bits per heavy atom. The van der Waals surface area contributed by atoms with E-state index in [0.29, 0.717) is 0 Å². The summed E-state index contributed by atoms with van der Waals surface area (Å²) in [6.07, 6.45) is 10.0. The van der Waals surface area contributed by atoms with Crippen LogP contribution in [0, 0.1) is 23.7 Å². The molecule has 3 rings (SSSR count). The number of nitrogens with one attached hydrogen (secondary N) is 3. The smallest absolute Gasteiger partial charge is 0.00173 e. The molecule has 0 bridgehead atoms. The molecule has 3 N–H and O–H groups in total. The van der Waals surface area contributed by atoms with Crippen molar-refractivity contribution in [3.8, 4) is 0 Å². The molecule has 0 aliphatic carbocycles. The van der Waals surface area contributed by atoms with Gasteiger partial charge < -0.3 is 16.0 Å². The summed E-state index contributed by atoms with van der Waals surface area (Å²) in [5.41, 5.74) is 0. The highest BCUT2D eigenvalue weighted by Crippen LogP contribution is 2.31. The lowest BCUT2D eigenvalue weighted by atomic mass is 9.80. The maximum atomic E-state index is 3.81. The highest BCUT2D eigenvalue weighted by atomic mass is 14.9. The lowest BCUT2D eigenvalue weighted by Crippen LogP contribution is -2.37. The number of hydrogen-bond donors (Lipinski definition) is 3. The minimum Gasteiger partial charge on any atom is -0.316 e. The third kappa shape index (κ3) is 3.96. The molecule has 0 saturated carbocycles. The Morgan fingerprint density at radius 1 is 0.450 bits per heavy atom. The van der Waals surface area contributed by atoms with Crippen molar-refractivity contribution in [2.24, 2.45) is 23.7 Å². The summed E-state index contributed by atoms with van der Waals surface area (Å²) in [5, 5.41) is 11.1. The molecule has 0 radical (unpaired) electrons. The van der Waals surface area contributed by atoms with Gasteiger partial charge in [-0.25, -0.2) is 0 Å². The third-order valence-corrected chi connectivity index (χ3v) is 5.97. The Kier molecular flexibility index (Phi) is 5.75. The summed E-state index contributed by atoms with van der Waals surface area (Å²) in [7, 11) is 0. The first-order valence-electron chi connectivity index (χ1n) is 9.05. The van der Waals surface area contributed by atoms with Crippen molar-refractivity contribution in [2.75, 3.05) is 39.3 Å². The summed E-state index contributed by atoms with van der Waals surface area (Å²) >= 11 is 0. The van der Waals surface area contributed by atoms with Gasteiger partial charge in [0.1, 0.15) is 0 Å². The van der Waals surface area contributed by atoms with Crippen molar-refractivity contribution >= 4 is 0 Å². The molecule has 0 aromatic heterocycles. The van der Waals surface area contributed by atoms with E-state index in [0.717, 1.165) is 23.7 Å². The van der Waals surface area contributed by atoms with Crippen LogP contribution in [-0.4, -0.2) is 39.3 Å². The second-order valence-corrected chi connectivity index (χ2v) is 7.32. The Labute approximate surface area is 124 Å². The summed E-state index contributed by atoms with van der Waals surface area (Å²) in [5.74, 6) is 3.70. The summed E-state index contributed by atoms with van der Waals surface area (Å²) in [6, 6.07) is 0. The minimum absolute atomic E-state index is 0.919. The molecule has 20 heavy (non-hydrogen) atoms. The molecule has 0 spiro atoms. The molecule has 3 heteroatoms. The molecule has 3 aliphatic heterocycles. The molecule has 3 aliphatic rings. The van der Waals surface area contributed by atoms with E-state index in [2.05, 4.69) is 16.0 Å². The Morgan fingerprint density at radius 3 is 1.60 bits per heavy atom. The summed E-state index contributed by atoms with van der Waals surface area (Å²) < 4.78 is 0. The predicted octanol–water partition coefficient (Wildman–Crippen LogP) is 1.99. The summed E-state index contributed by atoms with van der Waals surface area (Å²) in [6.45, 7) is 7.55. The molecular weight excluding hydrogens is 246 g/mol. The Hall–Kier alpha value is -0.120. The zero-order valence-electron chi connectivity index (χ0n) is 13.0. The first-order chi connectivity index (χ1) is 9.93. The van der Waals surface area contributed by atoms with Crippen LogP contribution in [0.15, 0.2) is 0 Å². The average Bonchev–Trinajstić information content (AvgIpc) is 2.91. The number of piperidine rings is 1. The first kappa shape index (κ1) is 14.8. The second-order valence-electron chi connectivity index (χ2n) is 7.32. The van der Waals surface area contributed by atoms with Gasteiger partial charge in [0.15, 0.2) is 0 Å². The monoisotopic (exact) mass is 279 g/mol. The largest absolute Gasteiger partial charge is 0.316 e. The zero-order valence-corrected chi connectivity index (χ0v) is 13.0. The fraction of sp³-hybridized carbons (Fsp3) is 1.00. The van der Waals surface area contributed by atoms with Gasteiger partial charge >= 0.3 is 0 Å². The highest BCUT2D eigenvalue weighted by molar-refractivity contribution is 4.85. The molecule has 4 atom stereocenters. The minimum atomic E-state index is 0.919. The van der Waals surface area contributed by atoms with E-state index in [-0.39, 0.29) is 0 Å². The van der Waals surface area contributed by atoms with Crippen molar-refractivity contribution in [3.05, 3.63) is 0 Å². The molecule has 0 amide bonds. The third-order valence-electron chi connectivity index (χ3n) is 5.97. The Bertz CT molecular complexity index is 267. The average molecular weight is 279 g/mol. The number of hydrogen-bond acceptors (Lipinski definition) is 3. The topological polar surface area (TPSA) is 36.1 Å². The van der Waals surface area contributed by atoms with Gasteiger partial charge in [0.25, 0.3) is 0 Å². The van der Waals surface area contributed by atoms with Crippen LogP contribution in [0.4, 0.5) is 0 Å². The molecule has 3 heterocycles. The quantitative estimate of drug-likeness (QED) is 0.723. The van der Waals surface area contributed by atoms with Crippen molar-refractivity contribution in [3.63, 3.8) is 0 Å². The van der Waals surface area contributed by atoms with Crippen LogP contribution in [0.2, 0.25) is 0 Å². The van der Waals surface area contributed by atoms with Gasteiger partial charge in [0.2, 0.25) is 0 Å². The van der Waals surface area contributed by atoms with E-state index >= 15 is 0 Å². The molecule has 0 aromatic carbocycles. The maximum Gasteiger partial charge on any atom is -0.00173 e. The van der Waals surface area contributed by atoms with E-state index in [1.165, 1.54) is 84.2 Å². The first-order valence-corrected chi connectivity index (χ1v) is 9.05. The van der Waals surface area contributed by atoms with Crippen molar-refractivity contribution in [1.29, 1.82) is 0 Å². The van der Waals surface area contributed by atoms with Crippen LogP contribution >= 0.6 is 0 Å². The van der Waals surface area contributed by atoms with Crippen LogP contribution in [0.25, 0.3) is 0 Å². The van der Waals surface area contributed by atoms with Crippen LogP contribution in [0.1, 0.15) is 44.9 Å². The van der Waals surface area contributed by atoms with E-state index in [1.807, 2.05) is 0 Å². The predicted molar refractivity (Wildman–Crippen MR) is 84.9 cm³/mol. The van der Waals surface area contributed by atoms with E-state index in [1.54, 1.807) is 0 Å². The summed E-state index contributed by atoms with van der Waals surface area (Å²) in [4.78, 5) is 0. The van der Waals surface area contributed by atoms with Crippen molar-refractivity contribution in [2.45, 2.75) is 44.9 Å².